The number of halogens is 5. The zero-order chi connectivity index (χ0) is 10.7. The van der Waals surface area contributed by atoms with Crippen LogP contribution < -0.4 is 0 Å². The lowest BCUT2D eigenvalue weighted by atomic mass is 10.0. The lowest BCUT2D eigenvalue weighted by molar-refractivity contribution is -0.176. The molecule has 0 amide bonds. The van der Waals surface area contributed by atoms with Crippen molar-refractivity contribution in [2.75, 3.05) is 5.75 Å². The number of hydrogen-bond donors (Lipinski definition) is 0. The zero-order valence-corrected chi connectivity index (χ0v) is 7.14. The van der Waals surface area contributed by atoms with Gasteiger partial charge in [-0.05, 0) is 6.92 Å². The number of rotatable bonds is 0. The van der Waals surface area contributed by atoms with Crippen LogP contribution in [0, 0.1) is 0 Å². The van der Waals surface area contributed by atoms with Gasteiger partial charge in [-0.25, -0.2) is 21.6 Å². The molecule has 78 valence electrons. The third-order valence-electron chi connectivity index (χ3n) is 2.00. The highest BCUT2D eigenvalue weighted by molar-refractivity contribution is 7.92. The van der Waals surface area contributed by atoms with E-state index < -0.39 is 32.4 Å². The first-order valence-electron chi connectivity index (χ1n) is 3.12. The standard InChI is InChI=1S/C5H5F5O2S/c1-3(6)4(7,8)2-13(11,12)5(3,9)10/h2H2,1H3. The van der Waals surface area contributed by atoms with Gasteiger partial charge in [0.15, 0.2) is 0 Å². The second-order valence-corrected chi connectivity index (χ2v) is 5.01. The van der Waals surface area contributed by atoms with Crippen LogP contribution in [0.4, 0.5) is 22.0 Å². The molecule has 1 rings (SSSR count). The van der Waals surface area contributed by atoms with Crippen molar-refractivity contribution in [3.63, 3.8) is 0 Å². The Morgan fingerprint density at radius 1 is 1.08 bits per heavy atom. The Balaban J connectivity index is 3.42. The number of hydrogen-bond acceptors (Lipinski definition) is 2. The van der Waals surface area contributed by atoms with E-state index in [9.17, 15) is 30.4 Å². The van der Waals surface area contributed by atoms with E-state index in [1.165, 1.54) is 0 Å². The van der Waals surface area contributed by atoms with E-state index in [1.807, 2.05) is 0 Å². The monoisotopic (exact) mass is 224 g/mol. The number of sulfone groups is 1. The summed E-state index contributed by atoms with van der Waals surface area (Å²) in [5, 5.41) is -5.02. The van der Waals surface area contributed by atoms with Crippen LogP contribution in [0.15, 0.2) is 0 Å². The van der Waals surface area contributed by atoms with Crippen molar-refractivity contribution in [2.24, 2.45) is 0 Å². The van der Waals surface area contributed by atoms with Gasteiger partial charge in [-0.2, -0.15) is 8.78 Å². The van der Waals surface area contributed by atoms with Crippen molar-refractivity contribution in [3.8, 4) is 0 Å². The fraction of sp³-hybridized carbons (Fsp3) is 1.00. The predicted molar refractivity (Wildman–Crippen MR) is 33.2 cm³/mol. The fourth-order valence-electron chi connectivity index (χ4n) is 0.970. The molecule has 0 radical (unpaired) electrons. The lowest BCUT2D eigenvalue weighted by Crippen LogP contribution is -2.49. The van der Waals surface area contributed by atoms with Crippen LogP contribution >= 0.6 is 0 Å². The third-order valence-corrected chi connectivity index (χ3v) is 3.90. The summed E-state index contributed by atoms with van der Waals surface area (Å²) >= 11 is 0. The summed E-state index contributed by atoms with van der Waals surface area (Å²) in [6, 6.07) is 0. The summed E-state index contributed by atoms with van der Waals surface area (Å²) in [5.41, 5.74) is -4.33. The summed E-state index contributed by atoms with van der Waals surface area (Å²) in [5.74, 6) is -6.70. The minimum Gasteiger partial charge on any atom is -0.229 e. The highest BCUT2D eigenvalue weighted by Gasteiger charge is 2.80. The predicted octanol–water partition coefficient (Wildman–Crippen LogP) is 1.37. The molecule has 1 aliphatic rings. The van der Waals surface area contributed by atoms with Gasteiger partial charge in [0.25, 0.3) is 0 Å². The molecule has 0 aromatic carbocycles. The maximum Gasteiger partial charge on any atom is 0.384 e. The van der Waals surface area contributed by atoms with Gasteiger partial charge < -0.3 is 0 Å². The highest BCUT2D eigenvalue weighted by atomic mass is 32.2. The number of alkyl halides is 5. The quantitative estimate of drug-likeness (QED) is 0.582. The van der Waals surface area contributed by atoms with Crippen molar-refractivity contribution in [1.82, 2.24) is 0 Å². The van der Waals surface area contributed by atoms with Gasteiger partial charge in [-0.15, -0.1) is 0 Å². The molecule has 1 fully saturated rings. The second-order valence-electron chi connectivity index (χ2n) is 2.98. The molecule has 0 aromatic heterocycles. The molecule has 13 heavy (non-hydrogen) atoms. The van der Waals surface area contributed by atoms with Crippen LogP contribution in [0.3, 0.4) is 0 Å². The summed E-state index contributed by atoms with van der Waals surface area (Å²) in [6.07, 6.45) is 0. The van der Waals surface area contributed by atoms with E-state index in [-0.39, 0.29) is 6.92 Å². The Hall–Kier alpha value is -0.400. The van der Waals surface area contributed by atoms with E-state index in [0.29, 0.717) is 0 Å². The molecule has 0 aliphatic carbocycles. The van der Waals surface area contributed by atoms with Crippen LogP contribution in [0.5, 0.6) is 0 Å². The maximum absolute atomic E-state index is 12.8. The van der Waals surface area contributed by atoms with Gasteiger partial charge in [-0.1, -0.05) is 0 Å². The molecule has 0 N–H and O–H groups in total. The average molecular weight is 224 g/mol. The lowest BCUT2D eigenvalue weighted by Gasteiger charge is -2.24. The third kappa shape index (κ3) is 1.01. The first-order valence-corrected chi connectivity index (χ1v) is 4.78. The molecule has 1 atom stereocenters. The first-order chi connectivity index (χ1) is 5.46. The highest BCUT2D eigenvalue weighted by Crippen LogP contribution is 2.54. The molecule has 1 aliphatic heterocycles. The van der Waals surface area contributed by atoms with Gasteiger partial charge in [0, 0.05) is 0 Å². The second kappa shape index (κ2) is 2.15. The molecule has 1 saturated heterocycles. The smallest absolute Gasteiger partial charge is 0.229 e. The molecule has 2 nitrogen and oxygen atoms in total. The van der Waals surface area contributed by atoms with E-state index in [2.05, 4.69) is 0 Å². The molecule has 8 heteroatoms. The van der Waals surface area contributed by atoms with Crippen molar-refractivity contribution in [3.05, 3.63) is 0 Å². The van der Waals surface area contributed by atoms with Crippen LogP contribution in [0.2, 0.25) is 0 Å². The summed E-state index contributed by atoms with van der Waals surface area (Å²) in [6.45, 7) is -0.114. The summed E-state index contributed by atoms with van der Waals surface area (Å²) in [7, 11) is -5.40. The van der Waals surface area contributed by atoms with Gasteiger partial charge in [-0.3, -0.25) is 0 Å². The summed E-state index contributed by atoms with van der Waals surface area (Å²) in [4.78, 5) is 0. The Morgan fingerprint density at radius 3 is 1.54 bits per heavy atom. The van der Waals surface area contributed by atoms with Crippen LogP contribution in [-0.2, 0) is 9.84 Å². The molecule has 0 saturated carbocycles. The van der Waals surface area contributed by atoms with Gasteiger partial charge in [0.1, 0.15) is 5.75 Å². The molecular formula is C5H5F5O2S. The molecule has 1 unspecified atom stereocenters. The van der Waals surface area contributed by atoms with Crippen molar-refractivity contribution in [2.45, 2.75) is 23.8 Å². The van der Waals surface area contributed by atoms with E-state index in [4.69, 9.17) is 0 Å². The Bertz CT molecular complexity index is 331. The van der Waals surface area contributed by atoms with Gasteiger partial charge >= 0.3 is 11.2 Å². The van der Waals surface area contributed by atoms with Gasteiger partial charge in [0.05, 0.1) is 0 Å². The SMILES string of the molecule is CC1(F)C(F)(F)CS(=O)(=O)C1(F)F. The normalized spacial score (nSPS) is 40.5. The van der Waals surface area contributed by atoms with Crippen LogP contribution in [-0.4, -0.2) is 31.0 Å². The molecule has 0 aromatic rings. The summed E-state index contributed by atoms with van der Waals surface area (Å²) < 4.78 is 83.7. The molecule has 0 bridgehead atoms. The van der Waals surface area contributed by atoms with Crippen molar-refractivity contribution in [1.29, 1.82) is 0 Å². The molecule has 1 heterocycles. The Kier molecular flexibility index (Phi) is 1.77. The minimum absolute atomic E-state index is 0.114. The van der Waals surface area contributed by atoms with E-state index >= 15 is 0 Å². The average Bonchev–Trinajstić information content (AvgIpc) is 1.88. The van der Waals surface area contributed by atoms with Crippen molar-refractivity contribution >= 4 is 9.84 Å². The molecule has 0 spiro atoms. The largest absolute Gasteiger partial charge is 0.384 e. The van der Waals surface area contributed by atoms with Crippen LogP contribution in [0.25, 0.3) is 0 Å². The van der Waals surface area contributed by atoms with Crippen LogP contribution in [0.1, 0.15) is 6.92 Å². The Labute approximate surface area is 70.6 Å². The van der Waals surface area contributed by atoms with E-state index in [1.54, 1.807) is 0 Å². The van der Waals surface area contributed by atoms with Crippen molar-refractivity contribution < 1.29 is 30.4 Å². The molecular weight excluding hydrogens is 219 g/mol. The first kappa shape index (κ1) is 10.7. The van der Waals surface area contributed by atoms with Gasteiger partial charge in [0.2, 0.25) is 15.5 Å². The minimum atomic E-state index is -5.40. The zero-order valence-electron chi connectivity index (χ0n) is 6.32. The van der Waals surface area contributed by atoms with E-state index in [0.717, 1.165) is 0 Å². The Morgan fingerprint density at radius 2 is 1.46 bits per heavy atom. The maximum atomic E-state index is 12.8. The topological polar surface area (TPSA) is 34.1 Å². The fourth-order valence-corrected chi connectivity index (χ4v) is 2.63.